The van der Waals surface area contributed by atoms with Crippen LogP contribution in [0.1, 0.15) is 10.4 Å². The molecule has 3 N–H and O–H groups in total. The highest BCUT2D eigenvalue weighted by Crippen LogP contribution is 2.32. The molecule has 2 rings (SSSR count). The van der Waals surface area contributed by atoms with Gasteiger partial charge in [0.2, 0.25) is 0 Å². The van der Waals surface area contributed by atoms with Crippen molar-refractivity contribution in [2.45, 2.75) is 0 Å². The van der Waals surface area contributed by atoms with Crippen LogP contribution in [0.2, 0.25) is 8.67 Å². The van der Waals surface area contributed by atoms with Gasteiger partial charge < -0.3 is 15.8 Å². The molecule has 1 aromatic heterocycles. The standard InChI is InChI=1S/C12H10Cl2N2O2S/c1-18-9-3-2-6(4-8(9)15)16-12(17)7-5-10(13)19-11(7)14/h2-5H,15H2,1H3,(H,16,17). The van der Waals surface area contributed by atoms with E-state index < -0.39 is 0 Å². The Hall–Kier alpha value is -1.43. The van der Waals surface area contributed by atoms with E-state index in [4.69, 9.17) is 33.7 Å². The highest BCUT2D eigenvalue weighted by atomic mass is 35.5. The van der Waals surface area contributed by atoms with Crippen LogP contribution in [-0.4, -0.2) is 13.0 Å². The van der Waals surface area contributed by atoms with Gasteiger partial charge in [0.25, 0.3) is 5.91 Å². The number of hydrogen-bond acceptors (Lipinski definition) is 4. The van der Waals surface area contributed by atoms with Crippen molar-refractivity contribution in [3.05, 3.63) is 38.5 Å². The molecule has 0 atom stereocenters. The number of thiophene rings is 1. The van der Waals surface area contributed by atoms with Gasteiger partial charge in [0, 0.05) is 5.69 Å². The van der Waals surface area contributed by atoms with Crippen LogP contribution in [0.4, 0.5) is 11.4 Å². The summed E-state index contributed by atoms with van der Waals surface area (Å²) in [6, 6.07) is 6.50. The first-order valence-corrected chi connectivity index (χ1v) is 6.78. The molecule has 0 aliphatic carbocycles. The summed E-state index contributed by atoms with van der Waals surface area (Å²) < 4.78 is 5.85. The lowest BCUT2D eigenvalue weighted by Crippen LogP contribution is -2.11. The SMILES string of the molecule is COc1ccc(NC(=O)c2cc(Cl)sc2Cl)cc1N. The van der Waals surface area contributed by atoms with Crippen molar-refractivity contribution in [1.29, 1.82) is 0 Å². The molecule has 0 saturated carbocycles. The van der Waals surface area contributed by atoms with E-state index in [1.165, 1.54) is 13.2 Å². The van der Waals surface area contributed by atoms with E-state index in [1.807, 2.05) is 0 Å². The summed E-state index contributed by atoms with van der Waals surface area (Å²) in [7, 11) is 1.52. The number of methoxy groups -OCH3 is 1. The van der Waals surface area contributed by atoms with E-state index in [0.29, 0.717) is 31.4 Å². The van der Waals surface area contributed by atoms with Crippen molar-refractivity contribution in [2.75, 3.05) is 18.2 Å². The summed E-state index contributed by atoms with van der Waals surface area (Å²) in [5.74, 6) is 0.215. The minimum atomic E-state index is -0.335. The number of halogens is 2. The third-order valence-corrected chi connectivity index (χ3v) is 3.88. The Labute approximate surface area is 124 Å². The van der Waals surface area contributed by atoms with E-state index >= 15 is 0 Å². The molecular formula is C12H10Cl2N2O2S. The summed E-state index contributed by atoms with van der Waals surface area (Å²) in [5, 5.41) is 2.69. The molecule has 0 aliphatic heterocycles. The van der Waals surface area contributed by atoms with Gasteiger partial charge in [-0.1, -0.05) is 23.2 Å². The second kappa shape index (κ2) is 5.69. The van der Waals surface area contributed by atoms with E-state index in [-0.39, 0.29) is 5.91 Å². The maximum atomic E-state index is 12.0. The number of ether oxygens (including phenoxy) is 1. The van der Waals surface area contributed by atoms with Crippen molar-refractivity contribution in [3.63, 3.8) is 0 Å². The molecule has 100 valence electrons. The first kappa shape index (κ1) is 14.0. The van der Waals surface area contributed by atoms with Crippen molar-refractivity contribution in [3.8, 4) is 5.75 Å². The van der Waals surface area contributed by atoms with Gasteiger partial charge in [-0.05, 0) is 24.3 Å². The van der Waals surface area contributed by atoms with E-state index in [2.05, 4.69) is 5.32 Å². The van der Waals surface area contributed by atoms with Crippen LogP contribution in [0.3, 0.4) is 0 Å². The van der Waals surface area contributed by atoms with E-state index in [9.17, 15) is 4.79 Å². The molecule has 19 heavy (non-hydrogen) atoms. The number of amides is 1. The highest BCUT2D eigenvalue weighted by Gasteiger charge is 2.14. The summed E-state index contributed by atoms with van der Waals surface area (Å²) in [4.78, 5) is 12.0. The molecule has 0 fully saturated rings. The molecule has 0 radical (unpaired) electrons. The van der Waals surface area contributed by atoms with Gasteiger partial charge >= 0.3 is 0 Å². The minimum Gasteiger partial charge on any atom is -0.495 e. The Morgan fingerprint density at radius 3 is 2.63 bits per heavy atom. The normalized spacial score (nSPS) is 10.3. The number of nitrogen functional groups attached to an aromatic ring is 1. The number of hydrogen-bond donors (Lipinski definition) is 2. The topological polar surface area (TPSA) is 64.3 Å². The molecule has 7 heteroatoms. The number of carbonyl (C=O) groups excluding carboxylic acids is 1. The van der Waals surface area contributed by atoms with Crippen LogP contribution in [0.5, 0.6) is 5.75 Å². The average Bonchev–Trinajstić information content (AvgIpc) is 2.69. The third-order valence-electron chi connectivity index (χ3n) is 2.39. The zero-order valence-electron chi connectivity index (χ0n) is 9.87. The Kier molecular flexibility index (Phi) is 4.19. The largest absolute Gasteiger partial charge is 0.495 e. The molecule has 0 bridgehead atoms. The van der Waals surface area contributed by atoms with Gasteiger partial charge in [0.05, 0.1) is 22.7 Å². The van der Waals surface area contributed by atoms with Crippen LogP contribution in [-0.2, 0) is 0 Å². The van der Waals surface area contributed by atoms with Crippen molar-refractivity contribution in [1.82, 2.24) is 0 Å². The Morgan fingerprint density at radius 1 is 1.37 bits per heavy atom. The monoisotopic (exact) mass is 316 g/mol. The third kappa shape index (κ3) is 3.12. The van der Waals surface area contributed by atoms with Gasteiger partial charge in [-0.25, -0.2) is 0 Å². The van der Waals surface area contributed by atoms with Crippen molar-refractivity contribution >= 4 is 51.8 Å². The van der Waals surface area contributed by atoms with Gasteiger partial charge in [0.15, 0.2) is 0 Å². The fourth-order valence-electron chi connectivity index (χ4n) is 1.51. The molecule has 1 amide bonds. The first-order chi connectivity index (χ1) is 9.01. The van der Waals surface area contributed by atoms with Crippen molar-refractivity contribution in [2.24, 2.45) is 0 Å². The Balaban J connectivity index is 2.19. The molecule has 4 nitrogen and oxygen atoms in total. The summed E-state index contributed by atoms with van der Waals surface area (Å²) in [6.45, 7) is 0. The predicted octanol–water partition coefficient (Wildman–Crippen LogP) is 3.90. The Bertz CT molecular complexity index is 628. The smallest absolute Gasteiger partial charge is 0.258 e. The lowest BCUT2D eigenvalue weighted by molar-refractivity contribution is 0.102. The maximum absolute atomic E-state index is 12.0. The van der Waals surface area contributed by atoms with Crippen LogP contribution in [0.15, 0.2) is 24.3 Å². The van der Waals surface area contributed by atoms with Gasteiger partial charge in [-0.15, -0.1) is 11.3 Å². The lowest BCUT2D eigenvalue weighted by atomic mass is 10.2. The van der Waals surface area contributed by atoms with Gasteiger partial charge in [0.1, 0.15) is 10.1 Å². The molecule has 0 saturated heterocycles. The highest BCUT2D eigenvalue weighted by molar-refractivity contribution is 7.20. The minimum absolute atomic E-state index is 0.335. The second-order valence-electron chi connectivity index (χ2n) is 3.65. The molecule has 1 heterocycles. The predicted molar refractivity (Wildman–Crippen MR) is 79.7 cm³/mol. The van der Waals surface area contributed by atoms with E-state index in [1.54, 1.807) is 18.2 Å². The summed E-state index contributed by atoms with van der Waals surface area (Å²) in [5.41, 5.74) is 7.09. The zero-order valence-corrected chi connectivity index (χ0v) is 12.2. The van der Waals surface area contributed by atoms with Crippen LogP contribution >= 0.6 is 34.5 Å². The Morgan fingerprint density at radius 2 is 2.11 bits per heavy atom. The fraction of sp³-hybridized carbons (Fsp3) is 0.0833. The van der Waals surface area contributed by atoms with Crippen LogP contribution in [0, 0.1) is 0 Å². The molecule has 2 aromatic rings. The van der Waals surface area contributed by atoms with Crippen molar-refractivity contribution < 1.29 is 9.53 Å². The average molecular weight is 317 g/mol. The zero-order chi connectivity index (χ0) is 14.0. The number of anilines is 2. The number of carbonyl (C=O) groups is 1. The van der Waals surface area contributed by atoms with Crippen LogP contribution < -0.4 is 15.8 Å². The molecular weight excluding hydrogens is 307 g/mol. The maximum Gasteiger partial charge on any atom is 0.258 e. The molecule has 0 unspecified atom stereocenters. The number of nitrogens with two attached hydrogens (primary N) is 1. The number of benzene rings is 1. The molecule has 0 aliphatic rings. The van der Waals surface area contributed by atoms with E-state index in [0.717, 1.165) is 11.3 Å². The summed E-state index contributed by atoms with van der Waals surface area (Å²) >= 11 is 12.9. The van der Waals surface area contributed by atoms with Gasteiger partial charge in [-0.2, -0.15) is 0 Å². The lowest BCUT2D eigenvalue weighted by Gasteiger charge is -2.08. The molecule has 0 spiro atoms. The fourth-order valence-corrected chi connectivity index (χ4v) is 2.96. The summed E-state index contributed by atoms with van der Waals surface area (Å²) in [6.07, 6.45) is 0. The number of rotatable bonds is 3. The quantitative estimate of drug-likeness (QED) is 0.844. The molecule has 1 aromatic carbocycles. The number of nitrogens with one attached hydrogen (secondary N) is 1. The van der Waals surface area contributed by atoms with Gasteiger partial charge in [-0.3, -0.25) is 4.79 Å². The van der Waals surface area contributed by atoms with Crippen LogP contribution in [0.25, 0.3) is 0 Å². The first-order valence-electron chi connectivity index (χ1n) is 5.21. The second-order valence-corrected chi connectivity index (χ2v) is 5.93.